The fourth-order valence-corrected chi connectivity index (χ4v) is 2.70. The summed E-state index contributed by atoms with van der Waals surface area (Å²) >= 11 is 0. The molecule has 0 spiro atoms. The van der Waals surface area contributed by atoms with Crippen molar-refractivity contribution in [3.63, 3.8) is 0 Å². The number of nitrogens with one attached hydrogen (secondary N) is 2. The third-order valence-electron chi connectivity index (χ3n) is 3.85. The number of nitrogens with zero attached hydrogens (tertiary/aromatic N) is 1. The molecule has 0 saturated carbocycles. The summed E-state index contributed by atoms with van der Waals surface area (Å²) < 4.78 is 19.3. The van der Waals surface area contributed by atoms with Gasteiger partial charge in [-0.1, -0.05) is 30.3 Å². The van der Waals surface area contributed by atoms with E-state index in [1.165, 1.54) is 18.2 Å². The van der Waals surface area contributed by atoms with Crippen LogP contribution in [0.4, 0.5) is 4.39 Å². The maximum atomic E-state index is 13.7. The monoisotopic (exact) mass is 355 g/mol. The first-order valence-electron chi connectivity index (χ1n) is 8.23. The molecule has 0 bridgehead atoms. The molecule has 0 aliphatic carbocycles. The molecular formula is C19H18FN3O3. The van der Waals surface area contributed by atoms with E-state index >= 15 is 0 Å². The van der Waals surface area contributed by atoms with Gasteiger partial charge in [0.1, 0.15) is 11.6 Å². The van der Waals surface area contributed by atoms with Crippen molar-refractivity contribution in [3.05, 3.63) is 65.5 Å². The molecule has 1 aliphatic heterocycles. The molecule has 3 rings (SSSR count). The van der Waals surface area contributed by atoms with Crippen LogP contribution in [-0.4, -0.2) is 24.4 Å². The summed E-state index contributed by atoms with van der Waals surface area (Å²) in [6, 6.07) is 12.4. The first-order chi connectivity index (χ1) is 12.6. The summed E-state index contributed by atoms with van der Waals surface area (Å²) in [5, 5.41) is 4.96. The molecule has 134 valence electrons. The number of carbonyl (C=O) groups excluding carboxylic acids is 2. The van der Waals surface area contributed by atoms with Gasteiger partial charge in [-0.05, 0) is 25.1 Å². The number of ether oxygens (including phenoxy) is 1. The van der Waals surface area contributed by atoms with Gasteiger partial charge < -0.3 is 4.74 Å². The van der Waals surface area contributed by atoms with Crippen LogP contribution in [0, 0.1) is 5.82 Å². The predicted molar refractivity (Wildman–Crippen MR) is 94.4 cm³/mol. The number of hydrogen-bond acceptors (Lipinski definition) is 4. The summed E-state index contributed by atoms with van der Waals surface area (Å²) in [6.45, 7) is 2.35. The van der Waals surface area contributed by atoms with Gasteiger partial charge >= 0.3 is 0 Å². The van der Waals surface area contributed by atoms with Crippen molar-refractivity contribution in [2.24, 2.45) is 4.99 Å². The summed E-state index contributed by atoms with van der Waals surface area (Å²) in [5.74, 6) is -0.990. The SMILES string of the molecule is CCOc1ccccc1[C@H]1CC(=O)NC(NC(=O)c2ccccc2F)=N1. The molecule has 6 nitrogen and oxygen atoms in total. The second-order valence-corrected chi connectivity index (χ2v) is 5.65. The molecule has 2 aromatic carbocycles. The van der Waals surface area contributed by atoms with Crippen molar-refractivity contribution in [2.75, 3.05) is 6.61 Å². The third kappa shape index (κ3) is 3.88. The van der Waals surface area contributed by atoms with E-state index in [9.17, 15) is 14.0 Å². The van der Waals surface area contributed by atoms with Crippen LogP contribution in [0.15, 0.2) is 53.5 Å². The standard InChI is InChI=1S/C19H18FN3O3/c1-2-26-16-10-6-4-8-13(16)15-11-17(24)22-19(21-15)23-18(25)12-7-3-5-9-14(12)20/h3-10,15H,2,11H2,1H3,(H2,21,22,23,24,25)/t15-/m1/s1. The van der Waals surface area contributed by atoms with Crippen molar-refractivity contribution in [1.29, 1.82) is 0 Å². The van der Waals surface area contributed by atoms with E-state index in [-0.39, 0.29) is 23.9 Å². The number of hydrogen-bond donors (Lipinski definition) is 2. The summed E-state index contributed by atoms with van der Waals surface area (Å²) in [5.41, 5.74) is 0.628. The minimum absolute atomic E-state index is 0.00851. The second kappa shape index (κ2) is 7.77. The van der Waals surface area contributed by atoms with Crippen LogP contribution in [-0.2, 0) is 4.79 Å². The van der Waals surface area contributed by atoms with Gasteiger partial charge in [-0.2, -0.15) is 0 Å². The zero-order valence-corrected chi connectivity index (χ0v) is 14.2. The lowest BCUT2D eigenvalue weighted by molar-refractivity contribution is -0.120. The Kier molecular flexibility index (Phi) is 5.26. The van der Waals surface area contributed by atoms with Crippen molar-refractivity contribution in [2.45, 2.75) is 19.4 Å². The highest BCUT2D eigenvalue weighted by Gasteiger charge is 2.26. The van der Waals surface area contributed by atoms with Gasteiger partial charge in [0.2, 0.25) is 11.9 Å². The van der Waals surface area contributed by atoms with Gasteiger partial charge in [0.05, 0.1) is 24.6 Å². The topological polar surface area (TPSA) is 79.8 Å². The lowest BCUT2D eigenvalue weighted by Crippen LogP contribution is -2.47. The largest absolute Gasteiger partial charge is 0.494 e. The van der Waals surface area contributed by atoms with E-state index in [0.29, 0.717) is 12.4 Å². The van der Waals surface area contributed by atoms with E-state index in [2.05, 4.69) is 15.6 Å². The Labute approximate surface area is 150 Å². The van der Waals surface area contributed by atoms with Gasteiger partial charge in [0.25, 0.3) is 5.91 Å². The van der Waals surface area contributed by atoms with E-state index in [4.69, 9.17) is 4.74 Å². The molecule has 0 unspecified atom stereocenters. The lowest BCUT2D eigenvalue weighted by atomic mass is 10.0. The van der Waals surface area contributed by atoms with Gasteiger partial charge in [0, 0.05) is 5.56 Å². The molecule has 26 heavy (non-hydrogen) atoms. The van der Waals surface area contributed by atoms with Crippen molar-refractivity contribution in [3.8, 4) is 5.75 Å². The molecule has 2 aromatic rings. The van der Waals surface area contributed by atoms with Gasteiger partial charge in [-0.15, -0.1) is 0 Å². The van der Waals surface area contributed by atoms with E-state index in [1.807, 2.05) is 25.1 Å². The fraction of sp³-hybridized carbons (Fsp3) is 0.211. The number of benzene rings is 2. The van der Waals surface area contributed by atoms with Crippen LogP contribution in [0.3, 0.4) is 0 Å². The molecule has 1 atom stereocenters. The zero-order valence-electron chi connectivity index (χ0n) is 14.2. The van der Waals surface area contributed by atoms with Crippen LogP contribution >= 0.6 is 0 Å². The first-order valence-corrected chi connectivity index (χ1v) is 8.23. The molecule has 2 N–H and O–H groups in total. The van der Waals surface area contributed by atoms with Gasteiger partial charge in [-0.3, -0.25) is 20.2 Å². The summed E-state index contributed by atoms with van der Waals surface area (Å²) in [4.78, 5) is 28.7. The second-order valence-electron chi connectivity index (χ2n) is 5.65. The molecule has 2 amide bonds. The molecular weight excluding hydrogens is 337 g/mol. The Morgan fingerprint density at radius 3 is 2.77 bits per heavy atom. The number of aliphatic imine (C=N–C) groups is 1. The number of carbonyl (C=O) groups is 2. The normalized spacial score (nSPS) is 16.5. The predicted octanol–water partition coefficient (Wildman–Crippen LogP) is 2.57. The van der Waals surface area contributed by atoms with Gasteiger partial charge in [-0.25, -0.2) is 9.38 Å². The Balaban J connectivity index is 1.85. The Morgan fingerprint density at radius 2 is 2.00 bits per heavy atom. The van der Waals surface area contributed by atoms with Crippen LogP contribution < -0.4 is 15.4 Å². The number of rotatable bonds is 4. The maximum Gasteiger partial charge on any atom is 0.260 e. The number of guanidine groups is 1. The molecule has 0 saturated heterocycles. The third-order valence-corrected chi connectivity index (χ3v) is 3.85. The fourth-order valence-electron chi connectivity index (χ4n) is 2.70. The van der Waals surface area contributed by atoms with E-state index in [0.717, 1.165) is 5.56 Å². The highest BCUT2D eigenvalue weighted by molar-refractivity contribution is 6.10. The number of halogens is 1. The Morgan fingerprint density at radius 1 is 1.27 bits per heavy atom. The average molecular weight is 355 g/mol. The number of para-hydroxylation sites is 1. The summed E-state index contributed by atoms with van der Waals surface area (Å²) in [7, 11) is 0. The smallest absolute Gasteiger partial charge is 0.260 e. The lowest BCUT2D eigenvalue weighted by Gasteiger charge is -2.23. The van der Waals surface area contributed by atoms with Crippen LogP contribution in [0.5, 0.6) is 5.75 Å². The molecule has 0 radical (unpaired) electrons. The average Bonchev–Trinajstić information content (AvgIpc) is 2.62. The number of amides is 2. The molecule has 0 fully saturated rings. The van der Waals surface area contributed by atoms with Crippen molar-refractivity contribution >= 4 is 17.8 Å². The molecule has 0 aromatic heterocycles. The van der Waals surface area contributed by atoms with Crippen LogP contribution in [0.1, 0.15) is 35.3 Å². The first kappa shape index (κ1) is 17.6. The van der Waals surface area contributed by atoms with Crippen molar-refractivity contribution in [1.82, 2.24) is 10.6 Å². The van der Waals surface area contributed by atoms with E-state index < -0.39 is 17.8 Å². The highest BCUT2D eigenvalue weighted by Crippen LogP contribution is 2.31. The molecule has 1 heterocycles. The minimum Gasteiger partial charge on any atom is -0.494 e. The quantitative estimate of drug-likeness (QED) is 0.885. The summed E-state index contributed by atoms with van der Waals surface area (Å²) in [6.07, 6.45) is 0.128. The van der Waals surface area contributed by atoms with Crippen LogP contribution in [0.2, 0.25) is 0 Å². The van der Waals surface area contributed by atoms with Crippen molar-refractivity contribution < 1.29 is 18.7 Å². The highest BCUT2D eigenvalue weighted by atomic mass is 19.1. The molecule has 1 aliphatic rings. The molecule has 7 heteroatoms. The maximum absolute atomic E-state index is 13.7. The zero-order chi connectivity index (χ0) is 18.5. The Bertz CT molecular complexity index is 867. The van der Waals surface area contributed by atoms with Crippen LogP contribution in [0.25, 0.3) is 0 Å². The van der Waals surface area contributed by atoms with Gasteiger partial charge in [0.15, 0.2) is 0 Å². The van der Waals surface area contributed by atoms with E-state index in [1.54, 1.807) is 12.1 Å². The Hall–Kier alpha value is -3.22. The minimum atomic E-state index is -0.680.